The average Bonchev–Trinajstić information content (AvgIpc) is 2.45. The van der Waals surface area contributed by atoms with Gasteiger partial charge in [-0.1, -0.05) is 12.1 Å². The fraction of sp³-hybridized carbons (Fsp3) is 0.333. The normalized spacial score (nSPS) is 14.5. The molecule has 0 saturated heterocycles. The van der Waals surface area contributed by atoms with Gasteiger partial charge in [-0.25, -0.2) is 9.18 Å². The predicted molar refractivity (Wildman–Crippen MR) is 82.1 cm³/mol. The highest BCUT2D eigenvalue weighted by Crippen LogP contribution is 2.09. The van der Waals surface area contributed by atoms with E-state index >= 15 is 0 Å². The molecular weight excluding hydrogens is 291 g/mol. The molecule has 2 N–H and O–H groups in total. The van der Waals surface area contributed by atoms with Crippen molar-refractivity contribution in [1.29, 1.82) is 0 Å². The molecule has 112 valence electrons. The second-order valence-electron chi connectivity index (χ2n) is 4.78. The van der Waals surface area contributed by atoms with E-state index in [4.69, 9.17) is 17.0 Å². The van der Waals surface area contributed by atoms with Gasteiger partial charge in [0.2, 0.25) is 0 Å². The first-order valence-electron chi connectivity index (χ1n) is 6.72. The number of hydrogen-bond donors (Lipinski definition) is 2. The summed E-state index contributed by atoms with van der Waals surface area (Å²) in [5.74, 6) is -0.586. The van der Waals surface area contributed by atoms with Crippen LogP contribution in [0.2, 0.25) is 0 Å². The number of carbonyl (C=O) groups excluding carboxylic acids is 1. The Labute approximate surface area is 128 Å². The maximum absolute atomic E-state index is 12.8. The zero-order chi connectivity index (χ0) is 15.2. The van der Waals surface area contributed by atoms with E-state index in [1.54, 1.807) is 19.1 Å². The van der Waals surface area contributed by atoms with Gasteiger partial charge in [0, 0.05) is 5.70 Å². The van der Waals surface area contributed by atoms with Gasteiger partial charge in [-0.3, -0.25) is 0 Å². The molecule has 1 aliphatic rings. The number of ether oxygens (including phenoxy) is 1. The summed E-state index contributed by atoms with van der Waals surface area (Å²) in [5, 5.41) is 6.30. The van der Waals surface area contributed by atoms with Crippen LogP contribution in [0.25, 0.3) is 0 Å². The first-order chi connectivity index (χ1) is 10.1. The van der Waals surface area contributed by atoms with Crippen LogP contribution in [0.5, 0.6) is 0 Å². The monoisotopic (exact) mass is 308 g/mol. The molecular formula is C15H17FN2O2S. The SMILES string of the molecule is CC1=C(C(=O)OCCCc2ccc(F)cc2)CNC(=S)N1. The Bertz CT molecular complexity index is 570. The minimum Gasteiger partial charge on any atom is -0.462 e. The average molecular weight is 308 g/mol. The minimum absolute atomic E-state index is 0.247. The van der Waals surface area contributed by atoms with Gasteiger partial charge in [0.15, 0.2) is 5.11 Å². The number of nitrogens with one attached hydrogen (secondary N) is 2. The van der Waals surface area contributed by atoms with Crippen LogP contribution in [0.4, 0.5) is 4.39 Å². The Morgan fingerprint density at radius 2 is 2.10 bits per heavy atom. The van der Waals surface area contributed by atoms with Crippen LogP contribution < -0.4 is 10.6 Å². The highest BCUT2D eigenvalue weighted by atomic mass is 32.1. The van der Waals surface area contributed by atoms with E-state index < -0.39 is 0 Å². The van der Waals surface area contributed by atoms with Crippen molar-refractivity contribution >= 4 is 23.3 Å². The van der Waals surface area contributed by atoms with E-state index in [1.165, 1.54) is 12.1 Å². The second-order valence-corrected chi connectivity index (χ2v) is 5.19. The molecule has 0 spiro atoms. The lowest BCUT2D eigenvalue weighted by atomic mass is 10.1. The van der Waals surface area contributed by atoms with Gasteiger partial charge in [-0.15, -0.1) is 0 Å². The van der Waals surface area contributed by atoms with Crippen molar-refractivity contribution in [2.24, 2.45) is 0 Å². The van der Waals surface area contributed by atoms with Crippen LogP contribution in [0.3, 0.4) is 0 Å². The number of esters is 1. The molecule has 0 atom stereocenters. The third-order valence-electron chi connectivity index (χ3n) is 3.18. The van der Waals surface area contributed by atoms with Crippen molar-refractivity contribution < 1.29 is 13.9 Å². The molecule has 1 heterocycles. The van der Waals surface area contributed by atoms with Gasteiger partial charge in [0.1, 0.15) is 5.82 Å². The molecule has 4 nitrogen and oxygen atoms in total. The number of rotatable bonds is 5. The lowest BCUT2D eigenvalue weighted by Gasteiger charge is -2.20. The van der Waals surface area contributed by atoms with Crippen LogP contribution in [-0.4, -0.2) is 24.2 Å². The Hall–Kier alpha value is -1.95. The number of allylic oxidation sites excluding steroid dienone is 1. The van der Waals surface area contributed by atoms with Crippen LogP contribution in [-0.2, 0) is 16.0 Å². The lowest BCUT2D eigenvalue weighted by Crippen LogP contribution is -2.42. The van der Waals surface area contributed by atoms with Crippen LogP contribution in [0.15, 0.2) is 35.5 Å². The first kappa shape index (κ1) is 15.4. The maximum atomic E-state index is 12.8. The molecule has 1 aliphatic heterocycles. The third kappa shape index (κ3) is 4.53. The number of carbonyl (C=O) groups is 1. The van der Waals surface area contributed by atoms with E-state index in [1.807, 2.05) is 0 Å². The molecule has 21 heavy (non-hydrogen) atoms. The largest absolute Gasteiger partial charge is 0.462 e. The molecule has 0 saturated carbocycles. The van der Waals surface area contributed by atoms with Crippen molar-refractivity contribution in [2.75, 3.05) is 13.2 Å². The molecule has 0 bridgehead atoms. The van der Waals surface area contributed by atoms with Gasteiger partial charge >= 0.3 is 5.97 Å². The van der Waals surface area contributed by atoms with Gasteiger partial charge in [0.25, 0.3) is 0 Å². The van der Waals surface area contributed by atoms with Crippen molar-refractivity contribution in [3.8, 4) is 0 Å². The summed E-state index contributed by atoms with van der Waals surface area (Å²) in [6, 6.07) is 6.33. The van der Waals surface area contributed by atoms with Crippen LogP contribution >= 0.6 is 12.2 Å². The molecule has 0 amide bonds. The molecule has 0 radical (unpaired) electrons. The Balaban J connectivity index is 1.76. The van der Waals surface area contributed by atoms with Gasteiger partial charge in [0.05, 0.1) is 18.7 Å². The molecule has 1 aromatic carbocycles. The highest BCUT2D eigenvalue weighted by molar-refractivity contribution is 7.80. The maximum Gasteiger partial charge on any atom is 0.337 e. The summed E-state index contributed by atoms with van der Waals surface area (Å²) in [6.07, 6.45) is 1.44. The highest BCUT2D eigenvalue weighted by Gasteiger charge is 2.19. The summed E-state index contributed by atoms with van der Waals surface area (Å²) < 4.78 is 18.0. The third-order valence-corrected chi connectivity index (χ3v) is 3.43. The number of halogens is 1. The molecule has 2 rings (SSSR count). The zero-order valence-corrected chi connectivity index (χ0v) is 12.6. The number of benzene rings is 1. The van der Waals surface area contributed by atoms with Crippen molar-refractivity contribution in [1.82, 2.24) is 10.6 Å². The van der Waals surface area contributed by atoms with E-state index in [9.17, 15) is 9.18 Å². The van der Waals surface area contributed by atoms with E-state index in [0.717, 1.165) is 17.7 Å². The smallest absolute Gasteiger partial charge is 0.337 e. The van der Waals surface area contributed by atoms with Crippen LogP contribution in [0.1, 0.15) is 18.9 Å². The Kier molecular flexibility index (Phi) is 5.27. The summed E-state index contributed by atoms with van der Waals surface area (Å²) in [6.45, 7) is 2.51. The summed E-state index contributed by atoms with van der Waals surface area (Å²) >= 11 is 4.96. The quantitative estimate of drug-likeness (QED) is 0.495. The van der Waals surface area contributed by atoms with Crippen molar-refractivity contribution in [3.63, 3.8) is 0 Å². The Morgan fingerprint density at radius 1 is 1.38 bits per heavy atom. The molecule has 0 aliphatic carbocycles. The van der Waals surface area contributed by atoms with E-state index in [-0.39, 0.29) is 11.8 Å². The first-order valence-corrected chi connectivity index (χ1v) is 7.13. The van der Waals surface area contributed by atoms with Crippen LogP contribution in [0, 0.1) is 5.82 Å². The molecule has 1 aromatic rings. The molecule has 6 heteroatoms. The van der Waals surface area contributed by atoms with E-state index in [2.05, 4.69) is 10.6 Å². The van der Waals surface area contributed by atoms with Gasteiger partial charge < -0.3 is 15.4 Å². The molecule has 0 fully saturated rings. The number of thiocarbonyl (C=S) groups is 1. The van der Waals surface area contributed by atoms with Crippen molar-refractivity contribution in [3.05, 3.63) is 46.9 Å². The van der Waals surface area contributed by atoms with E-state index in [0.29, 0.717) is 30.3 Å². The summed E-state index contributed by atoms with van der Waals surface area (Å²) in [7, 11) is 0. The lowest BCUT2D eigenvalue weighted by molar-refractivity contribution is -0.139. The Morgan fingerprint density at radius 3 is 2.76 bits per heavy atom. The fourth-order valence-electron chi connectivity index (χ4n) is 2.00. The van der Waals surface area contributed by atoms with Gasteiger partial charge in [-0.2, -0.15) is 0 Å². The number of hydrogen-bond acceptors (Lipinski definition) is 3. The van der Waals surface area contributed by atoms with Gasteiger partial charge in [-0.05, 0) is 49.7 Å². The van der Waals surface area contributed by atoms with Crippen molar-refractivity contribution in [2.45, 2.75) is 19.8 Å². The predicted octanol–water partition coefficient (Wildman–Crippen LogP) is 2.05. The second kappa shape index (κ2) is 7.17. The fourth-order valence-corrected chi connectivity index (χ4v) is 2.22. The summed E-state index contributed by atoms with van der Waals surface area (Å²) in [4.78, 5) is 11.9. The standard InChI is InChI=1S/C15H17FN2O2S/c1-10-13(9-17-15(21)18-10)14(19)20-8-2-3-11-4-6-12(16)7-5-11/h4-7H,2-3,8-9H2,1H3,(H2,17,18,21). The topological polar surface area (TPSA) is 50.4 Å². The summed E-state index contributed by atoms with van der Waals surface area (Å²) in [5.41, 5.74) is 2.31. The zero-order valence-electron chi connectivity index (χ0n) is 11.7. The molecule has 0 unspecified atom stereocenters. The molecule has 0 aromatic heterocycles. The number of aryl methyl sites for hydroxylation is 1. The minimum atomic E-state index is -0.339.